The van der Waals surface area contributed by atoms with Crippen LogP contribution in [0.2, 0.25) is 13.1 Å². The summed E-state index contributed by atoms with van der Waals surface area (Å²) in [5.74, 6) is 0. The number of hydrogen-bond donors (Lipinski definition) is 0. The molecule has 0 aliphatic heterocycles. The van der Waals surface area contributed by atoms with E-state index in [1.807, 2.05) is 0 Å². The van der Waals surface area contributed by atoms with Gasteiger partial charge in [-0.2, -0.15) is 12.1 Å². The zero-order valence-corrected chi connectivity index (χ0v) is 24.3. The fraction of sp³-hybridized carbons (Fsp3) is 0.308. The van der Waals surface area contributed by atoms with Crippen LogP contribution >= 0.6 is 17.0 Å². The maximum absolute atomic E-state index is 5.62. The molecule has 4 aromatic carbocycles. The molecule has 0 bridgehead atoms. The van der Waals surface area contributed by atoms with Crippen LogP contribution in [0.15, 0.2) is 48.5 Å². The minimum Gasteiger partial charge on any atom is -0.165 e. The van der Waals surface area contributed by atoms with E-state index in [9.17, 15) is 0 Å². The van der Waals surface area contributed by atoms with Gasteiger partial charge in [-0.15, -0.1) is 69.1 Å². The maximum Gasteiger partial charge on any atom is -0.0411 e. The summed E-state index contributed by atoms with van der Waals surface area (Å²) in [5.41, 5.74) is 8.10. The van der Waals surface area contributed by atoms with E-state index in [1.165, 1.54) is 54.9 Å². The van der Waals surface area contributed by atoms with Crippen LogP contribution in [0.3, 0.4) is 0 Å². The van der Waals surface area contributed by atoms with Crippen molar-refractivity contribution in [1.82, 2.24) is 0 Å². The smallest absolute Gasteiger partial charge is 0.0411 e. The van der Waals surface area contributed by atoms with Gasteiger partial charge in [0.25, 0.3) is 0 Å². The van der Waals surface area contributed by atoms with Crippen molar-refractivity contribution in [1.29, 1.82) is 0 Å². The summed E-state index contributed by atoms with van der Waals surface area (Å²) in [6, 6.07) is 17.8. The predicted molar refractivity (Wildman–Crippen MR) is 137 cm³/mol. The molecule has 0 unspecified atom stereocenters. The molecule has 0 atom stereocenters. The number of halogens is 2. The molecule has 0 N–H and O–H groups in total. The Labute approximate surface area is 197 Å². The first-order chi connectivity index (χ1) is 14.0. The van der Waals surface area contributed by atoms with Crippen molar-refractivity contribution in [3.05, 3.63) is 81.9 Å². The Morgan fingerprint density at radius 3 is 1.30 bits per heavy atom. The van der Waals surface area contributed by atoms with Gasteiger partial charge >= 0.3 is 53.5 Å². The molecule has 0 aliphatic rings. The first kappa shape index (κ1) is 25.6. The third kappa shape index (κ3) is 6.67. The average molecular weight is 535 g/mol. The van der Waals surface area contributed by atoms with Crippen molar-refractivity contribution in [2.45, 2.75) is 54.6 Å². The van der Waals surface area contributed by atoms with E-state index in [4.69, 9.17) is 17.0 Å². The fourth-order valence-electron chi connectivity index (χ4n) is 3.38. The van der Waals surface area contributed by atoms with E-state index in [0.29, 0.717) is 0 Å². The van der Waals surface area contributed by atoms with E-state index in [1.54, 1.807) is 0 Å². The first-order valence-electron chi connectivity index (χ1n) is 10.3. The van der Waals surface area contributed by atoms with Crippen molar-refractivity contribution in [2.24, 2.45) is 0 Å². The van der Waals surface area contributed by atoms with Gasteiger partial charge in [0, 0.05) is 0 Å². The van der Waals surface area contributed by atoms with Gasteiger partial charge in [-0.3, -0.25) is 0 Å². The van der Waals surface area contributed by atoms with Crippen LogP contribution in [-0.4, -0.2) is 5.43 Å². The summed E-state index contributed by atoms with van der Waals surface area (Å²) in [6.45, 7) is 17.3. The maximum atomic E-state index is 5.62. The number of aryl methyl sites for hydroxylation is 6. The molecule has 0 heterocycles. The largest absolute Gasteiger partial charge is 0.165 e. The monoisotopic (exact) mass is 532 g/mol. The van der Waals surface area contributed by atoms with Gasteiger partial charge in [-0.05, 0) is 27.7 Å². The first-order valence-corrected chi connectivity index (χ1v) is 22.8. The van der Waals surface area contributed by atoms with Crippen LogP contribution < -0.4 is 0 Å². The third-order valence-corrected chi connectivity index (χ3v) is 25.3. The zero-order chi connectivity index (χ0) is 22.6. The molecule has 0 fully saturated rings. The van der Waals surface area contributed by atoms with Crippen LogP contribution in [0.25, 0.3) is 21.5 Å². The van der Waals surface area contributed by atoms with Gasteiger partial charge < -0.3 is 0 Å². The van der Waals surface area contributed by atoms with Crippen LogP contribution in [-0.2, 0) is 18.0 Å². The topological polar surface area (TPSA) is 0 Å². The third-order valence-electron chi connectivity index (χ3n) is 5.53. The number of hydrogen-bond acceptors (Lipinski definition) is 0. The van der Waals surface area contributed by atoms with Gasteiger partial charge in [0.2, 0.25) is 0 Å². The van der Waals surface area contributed by atoms with E-state index >= 15 is 0 Å². The molecule has 0 amide bonds. The Bertz CT molecular complexity index is 1090. The van der Waals surface area contributed by atoms with E-state index in [2.05, 4.69) is 103 Å². The van der Waals surface area contributed by atoms with Gasteiger partial charge in [-0.1, -0.05) is 36.1 Å². The van der Waals surface area contributed by atoms with Crippen LogP contribution in [0.1, 0.15) is 33.4 Å². The van der Waals surface area contributed by atoms with Crippen LogP contribution in [0.5, 0.6) is 0 Å². The van der Waals surface area contributed by atoms with Crippen molar-refractivity contribution in [3.63, 3.8) is 0 Å². The molecule has 4 heteroatoms. The summed E-state index contributed by atoms with van der Waals surface area (Å²) < 4.78 is 0. The van der Waals surface area contributed by atoms with Crippen molar-refractivity contribution in [2.75, 3.05) is 0 Å². The molecule has 0 aliphatic carbocycles. The number of rotatable bonds is 0. The van der Waals surface area contributed by atoms with Crippen molar-refractivity contribution in [3.8, 4) is 0 Å². The Morgan fingerprint density at radius 2 is 1.00 bits per heavy atom. The second-order valence-electron chi connectivity index (χ2n) is 8.35. The quantitative estimate of drug-likeness (QED) is 0.156. The number of benzene rings is 2. The van der Waals surface area contributed by atoms with E-state index < -0.39 is 18.0 Å². The number of fused-ring (bicyclic) bond motifs is 2. The average Bonchev–Trinajstić information content (AvgIpc) is 3.25. The molecule has 30 heavy (non-hydrogen) atoms. The van der Waals surface area contributed by atoms with Crippen LogP contribution in [0.4, 0.5) is 0 Å². The molecule has 0 saturated heterocycles. The van der Waals surface area contributed by atoms with Crippen molar-refractivity contribution < 1.29 is 18.0 Å². The Hall–Kier alpha value is -0.660. The second kappa shape index (κ2) is 11.3. The molecule has 4 rings (SSSR count). The fourth-order valence-corrected chi connectivity index (χ4v) is 3.38. The predicted octanol–water partition coefficient (Wildman–Crippen LogP) is 9.13. The molecule has 0 saturated carbocycles. The Morgan fingerprint density at radius 1 is 0.667 bits per heavy atom. The molecular formula is C26H32Cl2SiZr-2. The second-order valence-corrected chi connectivity index (χ2v) is 31.3. The standard InChI is InChI=1S/2C12H13.C2H6Si.2ClH.Zr/c2*1-8-6-11-5-4-9(2)10(3)12(11)7-8;1-3-2;;;/h2*4-7H,1-3H3;1-2H3;2*1H;/q2*-1;;;;+2/p-2. The molecule has 0 radical (unpaired) electrons. The minimum absolute atomic E-state index is 0.224. The van der Waals surface area contributed by atoms with E-state index in [0.717, 1.165) is 0 Å². The Kier molecular flexibility index (Phi) is 9.62. The van der Waals surface area contributed by atoms with Gasteiger partial charge in [0.05, 0.1) is 0 Å². The summed E-state index contributed by atoms with van der Waals surface area (Å²) in [6.07, 6.45) is 0. The zero-order valence-electron chi connectivity index (χ0n) is 19.4. The van der Waals surface area contributed by atoms with Gasteiger partial charge in [0.1, 0.15) is 0 Å². The molecular weight excluding hydrogens is 503 g/mol. The van der Waals surface area contributed by atoms with Gasteiger partial charge in [0.15, 0.2) is 0 Å². The Balaban J connectivity index is 0.000000171. The van der Waals surface area contributed by atoms with E-state index in [-0.39, 0.29) is 5.43 Å². The summed E-state index contributed by atoms with van der Waals surface area (Å²) in [5, 5.41) is 5.56. The SMILES string of the molecule is C[Si](C)=[Zr]([Cl])[Cl].Cc1cc2c(C)c(C)ccc2[cH-]1.Cc1cc2c(C)c(C)ccc2[cH-]1. The normalized spacial score (nSPS) is 10.3. The molecule has 160 valence electrons. The molecule has 0 aromatic heterocycles. The summed E-state index contributed by atoms with van der Waals surface area (Å²) >= 11 is -1.65. The summed E-state index contributed by atoms with van der Waals surface area (Å²) in [4.78, 5) is 0. The molecule has 0 spiro atoms. The van der Waals surface area contributed by atoms with Crippen molar-refractivity contribution >= 4 is 44.0 Å². The minimum atomic E-state index is -1.65. The van der Waals surface area contributed by atoms with Crippen LogP contribution in [0, 0.1) is 41.5 Å². The van der Waals surface area contributed by atoms with Gasteiger partial charge in [-0.25, -0.2) is 0 Å². The molecule has 0 nitrogen and oxygen atoms in total. The molecule has 4 aromatic rings. The summed E-state index contributed by atoms with van der Waals surface area (Å²) in [7, 11) is 11.2.